The third kappa shape index (κ3) is 1.93. The highest BCUT2D eigenvalue weighted by Crippen LogP contribution is 2.45. The normalized spacial score (nSPS) is 20.3. The van der Waals surface area contributed by atoms with Crippen molar-refractivity contribution in [3.05, 3.63) is 76.9 Å². The summed E-state index contributed by atoms with van der Waals surface area (Å²) in [6.07, 6.45) is 2.03. The zero-order valence-corrected chi connectivity index (χ0v) is 14.0. The van der Waals surface area contributed by atoms with Gasteiger partial charge >= 0.3 is 0 Å². The number of aliphatic imine (C=N–C) groups is 1. The molecule has 118 valence electrons. The SMILES string of the molecule is CC=C1N=C(C(C)(C)C2NC(=O)c3cc#ccc32)c2ccccc21. The molecule has 4 rings (SSSR count). The number of benzene rings is 1. The van der Waals surface area contributed by atoms with Gasteiger partial charge in [-0.2, -0.15) is 0 Å². The van der Waals surface area contributed by atoms with Crippen LogP contribution in [0.5, 0.6) is 0 Å². The van der Waals surface area contributed by atoms with E-state index in [-0.39, 0.29) is 17.4 Å². The molecule has 1 unspecified atom stereocenters. The predicted octanol–water partition coefficient (Wildman–Crippen LogP) is 3.96. The van der Waals surface area contributed by atoms with Crippen LogP contribution in [0.15, 0.2) is 47.5 Å². The van der Waals surface area contributed by atoms with Crippen LogP contribution < -0.4 is 5.32 Å². The summed E-state index contributed by atoms with van der Waals surface area (Å²) < 4.78 is 0. The van der Waals surface area contributed by atoms with Crippen LogP contribution >= 0.6 is 0 Å². The molecule has 2 aromatic rings. The van der Waals surface area contributed by atoms with Gasteiger partial charge < -0.3 is 5.32 Å². The van der Waals surface area contributed by atoms with Gasteiger partial charge in [0.15, 0.2) is 0 Å². The van der Waals surface area contributed by atoms with E-state index in [0.717, 1.165) is 28.1 Å². The summed E-state index contributed by atoms with van der Waals surface area (Å²) in [5, 5.41) is 3.12. The van der Waals surface area contributed by atoms with Gasteiger partial charge in [0.05, 0.1) is 23.0 Å². The first-order chi connectivity index (χ1) is 11.5. The van der Waals surface area contributed by atoms with Gasteiger partial charge in [0.25, 0.3) is 5.91 Å². The zero-order valence-electron chi connectivity index (χ0n) is 14.0. The summed E-state index contributed by atoms with van der Waals surface area (Å²) in [4.78, 5) is 17.2. The molecule has 1 N–H and O–H groups in total. The largest absolute Gasteiger partial charge is 0.344 e. The first kappa shape index (κ1) is 14.7. The Morgan fingerprint density at radius 2 is 1.83 bits per heavy atom. The lowest BCUT2D eigenvalue weighted by Gasteiger charge is -2.32. The second kappa shape index (κ2) is 5.07. The van der Waals surface area contributed by atoms with E-state index in [1.165, 1.54) is 0 Å². The van der Waals surface area contributed by atoms with E-state index in [0.29, 0.717) is 5.56 Å². The van der Waals surface area contributed by atoms with Crippen molar-refractivity contribution < 1.29 is 4.79 Å². The molecule has 3 heteroatoms. The number of hydrogen-bond donors (Lipinski definition) is 1. The fourth-order valence-corrected chi connectivity index (χ4v) is 3.69. The Hall–Kier alpha value is -2.86. The molecule has 2 heterocycles. The molecule has 3 nitrogen and oxygen atoms in total. The van der Waals surface area contributed by atoms with Crippen molar-refractivity contribution in [2.45, 2.75) is 26.8 Å². The molecule has 2 aliphatic rings. The summed E-state index contributed by atoms with van der Waals surface area (Å²) >= 11 is 0. The summed E-state index contributed by atoms with van der Waals surface area (Å²) in [5.74, 6) is -0.0496. The van der Waals surface area contributed by atoms with E-state index < -0.39 is 0 Å². The van der Waals surface area contributed by atoms with Crippen LogP contribution in [0.1, 0.15) is 53.9 Å². The maximum absolute atomic E-state index is 12.3. The van der Waals surface area contributed by atoms with Crippen LogP contribution in [0.2, 0.25) is 0 Å². The van der Waals surface area contributed by atoms with Crippen LogP contribution in [0, 0.1) is 17.5 Å². The molecule has 0 radical (unpaired) electrons. The van der Waals surface area contributed by atoms with E-state index in [1.54, 1.807) is 6.07 Å². The van der Waals surface area contributed by atoms with Crippen LogP contribution in [0.3, 0.4) is 0 Å². The first-order valence-corrected chi connectivity index (χ1v) is 8.12. The molecular formula is C21H18N2O. The summed E-state index contributed by atoms with van der Waals surface area (Å²) in [7, 11) is 0. The Balaban J connectivity index is 1.84. The van der Waals surface area contributed by atoms with Crippen molar-refractivity contribution >= 4 is 17.3 Å². The fourth-order valence-electron chi connectivity index (χ4n) is 3.69. The van der Waals surface area contributed by atoms with E-state index in [2.05, 4.69) is 43.4 Å². The lowest BCUT2D eigenvalue weighted by Crippen LogP contribution is -2.38. The van der Waals surface area contributed by atoms with Crippen molar-refractivity contribution in [1.82, 2.24) is 5.32 Å². The molecule has 1 atom stereocenters. The first-order valence-electron chi connectivity index (χ1n) is 8.12. The number of rotatable bonds is 2. The van der Waals surface area contributed by atoms with Gasteiger partial charge in [0.1, 0.15) is 0 Å². The number of nitrogens with zero attached hydrogens (tertiary/aromatic N) is 1. The molecule has 2 aromatic carbocycles. The maximum atomic E-state index is 12.3. The molecule has 1 amide bonds. The summed E-state index contributed by atoms with van der Waals surface area (Å²) in [6.45, 7) is 6.28. The molecule has 0 aromatic heterocycles. The highest BCUT2D eigenvalue weighted by atomic mass is 16.2. The minimum atomic E-state index is -0.350. The highest BCUT2D eigenvalue weighted by molar-refractivity contribution is 6.15. The topological polar surface area (TPSA) is 41.5 Å². The van der Waals surface area contributed by atoms with Crippen molar-refractivity contribution in [3.63, 3.8) is 0 Å². The average Bonchev–Trinajstić information content (AvgIpc) is 3.14. The average molecular weight is 314 g/mol. The number of carbonyl (C=O) groups excluding carboxylic acids is 1. The fraction of sp³-hybridized carbons (Fsp3) is 0.238. The number of allylic oxidation sites excluding steroid dienone is 1. The van der Waals surface area contributed by atoms with Crippen LogP contribution in [0.25, 0.3) is 5.70 Å². The van der Waals surface area contributed by atoms with Gasteiger partial charge in [-0.3, -0.25) is 9.79 Å². The second-order valence-corrected chi connectivity index (χ2v) is 6.75. The van der Waals surface area contributed by atoms with Gasteiger partial charge in [-0.25, -0.2) is 0 Å². The van der Waals surface area contributed by atoms with Gasteiger partial charge in [-0.15, -0.1) is 0 Å². The van der Waals surface area contributed by atoms with Crippen LogP contribution in [0.4, 0.5) is 0 Å². The molecule has 2 aliphatic heterocycles. The molecule has 0 saturated carbocycles. The van der Waals surface area contributed by atoms with Crippen molar-refractivity contribution in [2.75, 3.05) is 0 Å². The summed E-state index contributed by atoms with van der Waals surface area (Å²) in [5.41, 5.74) is 5.60. The Labute approximate surface area is 142 Å². The minimum absolute atomic E-state index is 0.0496. The van der Waals surface area contributed by atoms with E-state index >= 15 is 0 Å². The lowest BCUT2D eigenvalue weighted by atomic mass is 9.74. The monoisotopic (exact) mass is 314 g/mol. The predicted molar refractivity (Wildman–Crippen MR) is 94.7 cm³/mol. The van der Waals surface area contributed by atoms with Crippen LogP contribution in [-0.2, 0) is 0 Å². The van der Waals surface area contributed by atoms with Gasteiger partial charge in [-0.1, -0.05) is 56.3 Å². The molecule has 0 aliphatic carbocycles. The number of amides is 1. The van der Waals surface area contributed by atoms with E-state index in [9.17, 15) is 4.79 Å². The zero-order chi connectivity index (χ0) is 16.9. The van der Waals surface area contributed by atoms with Crippen LogP contribution in [-0.4, -0.2) is 11.6 Å². The highest BCUT2D eigenvalue weighted by Gasteiger charge is 2.44. The Morgan fingerprint density at radius 1 is 1.12 bits per heavy atom. The smallest absolute Gasteiger partial charge is 0.252 e. The van der Waals surface area contributed by atoms with E-state index in [4.69, 9.17) is 4.99 Å². The quantitative estimate of drug-likeness (QED) is 0.895. The van der Waals surface area contributed by atoms with E-state index in [1.807, 2.05) is 31.2 Å². The van der Waals surface area contributed by atoms with Gasteiger partial charge in [-0.05, 0) is 18.6 Å². The Kier molecular flexibility index (Phi) is 3.11. The van der Waals surface area contributed by atoms with Crippen molar-refractivity contribution in [3.8, 4) is 0 Å². The summed E-state index contributed by atoms with van der Waals surface area (Å²) in [6, 6.07) is 17.6. The number of fused-ring (bicyclic) bond motifs is 2. The number of nitrogens with one attached hydrogen (secondary N) is 1. The maximum Gasteiger partial charge on any atom is 0.252 e. The molecule has 0 saturated heterocycles. The van der Waals surface area contributed by atoms with Crippen molar-refractivity contribution in [2.24, 2.45) is 10.4 Å². The Bertz CT molecular complexity index is 906. The third-order valence-electron chi connectivity index (χ3n) is 4.97. The molecule has 0 bridgehead atoms. The van der Waals surface area contributed by atoms with Gasteiger partial charge in [0, 0.05) is 22.6 Å². The number of carbonyl (C=O) groups is 1. The standard InChI is InChI=1S/C21H18N2O/c1-4-17-13-9-5-6-10-14(13)18(22-17)21(2,3)19-15-11-7-8-12-16(15)20(24)23-19/h4-6,9-12,19H,1-3H3,(H,23,24). The molecular weight excluding hydrogens is 296 g/mol. The molecule has 24 heavy (non-hydrogen) atoms. The second-order valence-electron chi connectivity index (χ2n) is 6.75. The lowest BCUT2D eigenvalue weighted by molar-refractivity contribution is 0.0942. The van der Waals surface area contributed by atoms with Gasteiger partial charge in [0.2, 0.25) is 0 Å². The molecule has 0 spiro atoms. The Morgan fingerprint density at radius 3 is 2.58 bits per heavy atom. The third-order valence-corrected chi connectivity index (χ3v) is 4.97. The molecule has 0 fully saturated rings. The number of hydrogen-bond acceptors (Lipinski definition) is 2. The minimum Gasteiger partial charge on any atom is -0.344 e. The van der Waals surface area contributed by atoms with Crippen molar-refractivity contribution in [1.29, 1.82) is 0 Å².